The zero-order valence-electron chi connectivity index (χ0n) is 31.8. The van der Waals surface area contributed by atoms with Crippen LogP contribution in [0.15, 0.2) is 217 Å². The SMILES string of the molecule is C1=CCC(C2(c3ccccc3)c3ccccc3-c3ccc(N(c4ccc5c(c4)oc4ccccc45)c4ccc5c(c4)c4ccccc4n5-c4ccccc4)cc32)C=C1. The number of allylic oxidation sites excluding steroid dienone is 4. The first-order chi connectivity index (χ1) is 28.8. The fraction of sp³-hybridized carbons (Fsp3) is 0.0545. The molecule has 2 aliphatic rings. The number of benzene rings is 8. The van der Waals surface area contributed by atoms with Crippen molar-refractivity contribution in [2.45, 2.75) is 11.8 Å². The Morgan fingerprint density at radius 2 is 1.14 bits per heavy atom. The molecule has 0 radical (unpaired) electrons. The van der Waals surface area contributed by atoms with Gasteiger partial charge >= 0.3 is 0 Å². The maximum Gasteiger partial charge on any atom is 0.137 e. The normalized spacial score (nSPS) is 17.0. The number of para-hydroxylation sites is 3. The molecule has 10 aromatic rings. The monoisotopic (exact) mass is 742 g/mol. The van der Waals surface area contributed by atoms with Crippen LogP contribution in [-0.2, 0) is 5.41 Å². The maximum absolute atomic E-state index is 6.54. The Bertz CT molecular complexity index is 3280. The summed E-state index contributed by atoms with van der Waals surface area (Å²) < 4.78 is 8.92. The number of anilines is 3. The van der Waals surface area contributed by atoms with Gasteiger partial charge in [0.1, 0.15) is 11.2 Å². The van der Waals surface area contributed by atoms with Gasteiger partial charge in [-0.05, 0) is 107 Å². The second kappa shape index (κ2) is 12.8. The Kier molecular flexibility index (Phi) is 7.27. The molecule has 2 heterocycles. The molecule has 8 aromatic carbocycles. The van der Waals surface area contributed by atoms with Crippen molar-refractivity contribution in [1.82, 2.24) is 4.57 Å². The van der Waals surface area contributed by atoms with Crippen LogP contribution in [0.2, 0.25) is 0 Å². The molecule has 2 atom stereocenters. The average Bonchev–Trinajstić information content (AvgIpc) is 3.93. The molecule has 58 heavy (non-hydrogen) atoms. The van der Waals surface area contributed by atoms with Gasteiger partial charge in [0.25, 0.3) is 0 Å². The van der Waals surface area contributed by atoms with Gasteiger partial charge < -0.3 is 13.9 Å². The van der Waals surface area contributed by atoms with Gasteiger partial charge in [0.2, 0.25) is 0 Å². The topological polar surface area (TPSA) is 21.3 Å². The van der Waals surface area contributed by atoms with E-state index in [2.05, 4.69) is 216 Å². The first kappa shape index (κ1) is 32.8. The molecule has 12 rings (SSSR count). The first-order valence-corrected chi connectivity index (χ1v) is 20.2. The summed E-state index contributed by atoms with van der Waals surface area (Å²) in [7, 11) is 0. The van der Waals surface area contributed by atoms with E-state index in [1.165, 1.54) is 49.6 Å². The van der Waals surface area contributed by atoms with Gasteiger partial charge in [-0.1, -0.05) is 140 Å². The summed E-state index contributed by atoms with van der Waals surface area (Å²) in [6.07, 6.45) is 10.1. The van der Waals surface area contributed by atoms with Crippen molar-refractivity contribution in [3.63, 3.8) is 0 Å². The smallest absolute Gasteiger partial charge is 0.137 e. The van der Waals surface area contributed by atoms with Crippen molar-refractivity contribution < 1.29 is 4.42 Å². The van der Waals surface area contributed by atoms with Crippen molar-refractivity contribution in [1.29, 1.82) is 0 Å². The summed E-state index contributed by atoms with van der Waals surface area (Å²) in [5.41, 5.74) is 14.7. The van der Waals surface area contributed by atoms with Gasteiger partial charge in [-0.15, -0.1) is 0 Å². The quantitative estimate of drug-likeness (QED) is 0.169. The molecular weight excluding hydrogens is 705 g/mol. The van der Waals surface area contributed by atoms with Gasteiger partial charge in [0.15, 0.2) is 0 Å². The van der Waals surface area contributed by atoms with Gasteiger partial charge in [-0.25, -0.2) is 0 Å². The molecule has 0 bridgehead atoms. The van der Waals surface area contributed by atoms with E-state index >= 15 is 0 Å². The summed E-state index contributed by atoms with van der Waals surface area (Å²) in [6, 6.07) is 68.8. The molecule has 2 unspecified atom stereocenters. The lowest BCUT2D eigenvalue weighted by atomic mass is 9.62. The molecule has 0 amide bonds. The second-order valence-corrected chi connectivity index (χ2v) is 15.6. The highest BCUT2D eigenvalue weighted by atomic mass is 16.3. The van der Waals surface area contributed by atoms with Crippen LogP contribution in [0.1, 0.15) is 23.1 Å². The third-order valence-electron chi connectivity index (χ3n) is 12.6. The van der Waals surface area contributed by atoms with Crippen LogP contribution in [0.4, 0.5) is 17.1 Å². The predicted molar refractivity (Wildman–Crippen MR) is 241 cm³/mol. The highest BCUT2D eigenvalue weighted by molar-refractivity contribution is 6.11. The van der Waals surface area contributed by atoms with Crippen LogP contribution in [-0.4, -0.2) is 4.57 Å². The number of hydrogen-bond acceptors (Lipinski definition) is 2. The first-order valence-electron chi connectivity index (χ1n) is 20.2. The van der Waals surface area contributed by atoms with Crippen molar-refractivity contribution in [2.24, 2.45) is 5.92 Å². The van der Waals surface area contributed by atoms with Crippen molar-refractivity contribution in [3.8, 4) is 16.8 Å². The minimum absolute atomic E-state index is 0.235. The van der Waals surface area contributed by atoms with Gasteiger partial charge in [-0.3, -0.25) is 0 Å². The molecular formula is C55H38N2O. The molecule has 0 aliphatic heterocycles. The standard InChI is InChI=1S/C55H38N2O/c1-4-16-37(17-5-1)55(38-18-6-2-7-19-38)49-25-13-10-22-43(49)44-31-28-41(35-50(44)55)56(42-29-32-47-46-24-12-15-27-53(46)58-54(47)36-42)40-30-33-52-48(34-40)45-23-11-14-26-51(45)57(52)39-20-8-3-9-21-39/h1-18,20-36,38H,19H2. The summed E-state index contributed by atoms with van der Waals surface area (Å²) >= 11 is 0. The van der Waals surface area contributed by atoms with Crippen LogP contribution in [0.5, 0.6) is 0 Å². The summed E-state index contributed by atoms with van der Waals surface area (Å²) in [4.78, 5) is 2.43. The lowest BCUT2D eigenvalue weighted by Crippen LogP contribution is -2.35. The third-order valence-corrected chi connectivity index (χ3v) is 12.6. The zero-order valence-corrected chi connectivity index (χ0v) is 31.8. The molecule has 2 aliphatic carbocycles. The lowest BCUT2D eigenvalue weighted by molar-refractivity contribution is 0.457. The summed E-state index contributed by atoms with van der Waals surface area (Å²) in [5, 5.41) is 4.67. The molecule has 0 spiro atoms. The number of nitrogens with zero attached hydrogens (tertiary/aromatic N) is 2. The number of fused-ring (bicyclic) bond motifs is 9. The van der Waals surface area contributed by atoms with Crippen LogP contribution in [0.3, 0.4) is 0 Å². The Morgan fingerprint density at radius 1 is 0.483 bits per heavy atom. The average molecular weight is 743 g/mol. The number of hydrogen-bond donors (Lipinski definition) is 0. The molecule has 3 nitrogen and oxygen atoms in total. The summed E-state index contributed by atoms with van der Waals surface area (Å²) in [5.74, 6) is 0.235. The van der Waals surface area contributed by atoms with E-state index in [9.17, 15) is 0 Å². The van der Waals surface area contributed by atoms with E-state index in [1.54, 1.807) is 0 Å². The van der Waals surface area contributed by atoms with Crippen LogP contribution in [0, 0.1) is 5.92 Å². The zero-order chi connectivity index (χ0) is 38.2. The Balaban J connectivity index is 1.13. The van der Waals surface area contributed by atoms with E-state index in [4.69, 9.17) is 4.42 Å². The summed E-state index contributed by atoms with van der Waals surface area (Å²) in [6.45, 7) is 0. The predicted octanol–water partition coefficient (Wildman–Crippen LogP) is 14.6. The molecule has 3 heteroatoms. The second-order valence-electron chi connectivity index (χ2n) is 15.6. The lowest BCUT2D eigenvalue weighted by Gasteiger charge is -2.40. The Labute approximate surface area is 337 Å². The fourth-order valence-electron chi connectivity index (χ4n) is 10.2. The largest absolute Gasteiger partial charge is 0.456 e. The van der Waals surface area contributed by atoms with Crippen molar-refractivity contribution >= 4 is 60.8 Å². The molecule has 0 saturated carbocycles. The Hall–Kier alpha value is -7.36. The minimum atomic E-state index is -0.383. The fourth-order valence-corrected chi connectivity index (χ4v) is 10.2. The molecule has 274 valence electrons. The third kappa shape index (κ3) is 4.74. The van der Waals surface area contributed by atoms with Crippen LogP contribution < -0.4 is 4.90 Å². The molecule has 0 fully saturated rings. The van der Waals surface area contributed by atoms with Crippen LogP contribution >= 0.6 is 0 Å². The van der Waals surface area contributed by atoms with E-state index in [1.807, 2.05) is 6.07 Å². The van der Waals surface area contributed by atoms with Crippen LogP contribution in [0.25, 0.3) is 60.6 Å². The number of aromatic nitrogens is 1. The van der Waals surface area contributed by atoms with Crippen molar-refractivity contribution in [2.75, 3.05) is 4.90 Å². The van der Waals surface area contributed by atoms with Gasteiger partial charge in [0.05, 0.1) is 16.4 Å². The van der Waals surface area contributed by atoms with Gasteiger partial charge in [-0.2, -0.15) is 0 Å². The van der Waals surface area contributed by atoms with E-state index in [0.29, 0.717) is 0 Å². The molecule has 0 saturated heterocycles. The number of rotatable bonds is 6. The highest BCUT2D eigenvalue weighted by Gasteiger charge is 2.49. The molecule has 2 aromatic heterocycles. The molecule has 0 N–H and O–H groups in total. The minimum Gasteiger partial charge on any atom is -0.456 e. The van der Waals surface area contributed by atoms with E-state index in [0.717, 1.165) is 51.1 Å². The van der Waals surface area contributed by atoms with E-state index < -0.39 is 0 Å². The van der Waals surface area contributed by atoms with Crippen molar-refractivity contribution in [3.05, 3.63) is 229 Å². The number of furan rings is 1. The highest BCUT2D eigenvalue weighted by Crippen LogP contribution is 2.59. The Morgan fingerprint density at radius 3 is 2.00 bits per heavy atom. The van der Waals surface area contributed by atoms with E-state index in [-0.39, 0.29) is 11.3 Å². The van der Waals surface area contributed by atoms with Gasteiger partial charge in [0, 0.05) is 50.4 Å². The maximum atomic E-state index is 6.54.